The van der Waals surface area contributed by atoms with E-state index in [0.717, 1.165) is 5.56 Å². The van der Waals surface area contributed by atoms with Crippen LogP contribution in [0.5, 0.6) is 0 Å². The minimum Gasteiger partial charge on any atom is -0.340 e. The third-order valence-electron chi connectivity index (χ3n) is 5.05. The van der Waals surface area contributed by atoms with Crippen molar-refractivity contribution >= 4 is 22.0 Å². The van der Waals surface area contributed by atoms with Crippen molar-refractivity contribution in [3.8, 4) is 0 Å². The van der Waals surface area contributed by atoms with Crippen LogP contribution in [-0.2, 0) is 21.2 Å². The molecule has 2 N–H and O–H groups in total. The molecule has 3 rings (SSSR count). The van der Waals surface area contributed by atoms with Crippen LogP contribution in [0.25, 0.3) is 0 Å². The van der Waals surface area contributed by atoms with Crippen LogP contribution >= 0.6 is 0 Å². The highest BCUT2D eigenvalue weighted by molar-refractivity contribution is 7.90. The molecule has 1 saturated heterocycles. The first-order valence-corrected chi connectivity index (χ1v) is 11.3. The Balaban J connectivity index is 1.74. The van der Waals surface area contributed by atoms with Gasteiger partial charge in [0.15, 0.2) is 0 Å². The van der Waals surface area contributed by atoms with Gasteiger partial charge in [-0.05, 0) is 29.5 Å². The molecule has 1 aliphatic heterocycles. The second kappa shape index (κ2) is 8.47. The van der Waals surface area contributed by atoms with E-state index in [4.69, 9.17) is 0 Å². The number of hydrogen-bond acceptors (Lipinski definition) is 4. The van der Waals surface area contributed by atoms with Crippen LogP contribution in [0.4, 0.5) is 4.79 Å². The third kappa shape index (κ3) is 5.18. The summed E-state index contributed by atoms with van der Waals surface area (Å²) < 4.78 is 27.2. The van der Waals surface area contributed by atoms with E-state index in [0.29, 0.717) is 18.7 Å². The van der Waals surface area contributed by atoms with Gasteiger partial charge in [-0.3, -0.25) is 4.79 Å². The Morgan fingerprint density at radius 1 is 1.03 bits per heavy atom. The summed E-state index contributed by atoms with van der Waals surface area (Å²) in [6.07, 6.45) is 0.272. The molecule has 7 nitrogen and oxygen atoms in total. The number of carbonyl (C=O) groups is 2. The normalized spacial score (nSPS) is 16.3. The van der Waals surface area contributed by atoms with Crippen LogP contribution in [-0.4, -0.2) is 44.4 Å². The number of nitrogens with one attached hydrogen (secondary N) is 2. The van der Waals surface area contributed by atoms with E-state index in [1.807, 2.05) is 35.1 Å². The molecule has 0 aliphatic carbocycles. The molecule has 160 valence electrons. The summed E-state index contributed by atoms with van der Waals surface area (Å²) in [4.78, 5) is 27.2. The van der Waals surface area contributed by atoms with Crippen LogP contribution in [0.15, 0.2) is 59.5 Å². The molecule has 3 amide bonds. The Labute approximate surface area is 177 Å². The fourth-order valence-corrected chi connectivity index (χ4v) is 4.80. The molecule has 1 fully saturated rings. The fraction of sp³-hybridized carbons (Fsp3) is 0.364. The summed E-state index contributed by atoms with van der Waals surface area (Å²) in [5.74, 6) is -0.221. The van der Waals surface area contributed by atoms with E-state index in [1.165, 1.54) is 6.07 Å². The van der Waals surface area contributed by atoms with Crippen LogP contribution < -0.4 is 10.0 Å². The predicted molar refractivity (Wildman–Crippen MR) is 114 cm³/mol. The maximum atomic E-state index is 13.0. The SMILES string of the molecule is Cc1ccccc1S(=O)(=O)NC(=O)N[C@@H](Cc1ccccc1)C(=O)N1CC(C)(C)C1. The molecule has 1 atom stereocenters. The van der Waals surface area contributed by atoms with Crippen molar-refractivity contribution in [2.24, 2.45) is 5.41 Å². The maximum absolute atomic E-state index is 13.0. The molecule has 2 aromatic carbocycles. The summed E-state index contributed by atoms with van der Waals surface area (Å²) in [6, 6.07) is 13.9. The number of likely N-dealkylation sites (tertiary alicyclic amines) is 1. The van der Waals surface area contributed by atoms with Gasteiger partial charge in [-0.2, -0.15) is 0 Å². The number of sulfonamides is 1. The molecule has 0 unspecified atom stereocenters. The van der Waals surface area contributed by atoms with Crippen LogP contribution in [0.1, 0.15) is 25.0 Å². The first-order valence-electron chi connectivity index (χ1n) is 9.79. The Kier molecular flexibility index (Phi) is 6.17. The van der Waals surface area contributed by atoms with Gasteiger partial charge in [-0.1, -0.05) is 62.4 Å². The highest BCUT2D eigenvalue weighted by Gasteiger charge is 2.40. The number of carbonyl (C=O) groups excluding carboxylic acids is 2. The van der Waals surface area contributed by atoms with Crippen molar-refractivity contribution in [3.63, 3.8) is 0 Å². The molecule has 1 heterocycles. The van der Waals surface area contributed by atoms with Crippen molar-refractivity contribution in [2.45, 2.75) is 38.1 Å². The van der Waals surface area contributed by atoms with Gasteiger partial charge >= 0.3 is 6.03 Å². The maximum Gasteiger partial charge on any atom is 0.329 e. The molecule has 1 aliphatic rings. The van der Waals surface area contributed by atoms with Crippen LogP contribution in [0.3, 0.4) is 0 Å². The second-order valence-electron chi connectivity index (χ2n) is 8.45. The summed E-state index contributed by atoms with van der Waals surface area (Å²) in [5, 5.41) is 2.57. The number of hydrogen-bond donors (Lipinski definition) is 2. The highest BCUT2D eigenvalue weighted by Crippen LogP contribution is 2.29. The van der Waals surface area contributed by atoms with Gasteiger partial charge in [0.25, 0.3) is 10.0 Å². The topological polar surface area (TPSA) is 95.6 Å². The summed E-state index contributed by atoms with van der Waals surface area (Å²) in [5.41, 5.74) is 1.44. The molecule has 0 bridgehead atoms. The standard InChI is InChI=1S/C22H27N3O4S/c1-16-9-7-8-12-19(16)30(28,29)24-21(27)23-18(13-17-10-5-4-6-11-17)20(26)25-14-22(2,3)15-25/h4-12,18H,13-15H2,1-3H3,(H2,23,24,27)/t18-/m0/s1. The number of nitrogens with zero attached hydrogens (tertiary/aromatic N) is 1. The van der Waals surface area contributed by atoms with Gasteiger partial charge in [0.05, 0.1) is 4.90 Å². The molecule has 8 heteroatoms. The molecule has 30 heavy (non-hydrogen) atoms. The first-order chi connectivity index (χ1) is 14.1. The van der Waals surface area contributed by atoms with Gasteiger partial charge < -0.3 is 10.2 Å². The minimum atomic E-state index is -4.05. The zero-order valence-electron chi connectivity index (χ0n) is 17.4. The zero-order chi connectivity index (χ0) is 21.9. The lowest BCUT2D eigenvalue weighted by Gasteiger charge is -2.47. The zero-order valence-corrected chi connectivity index (χ0v) is 18.2. The number of rotatable bonds is 6. The number of urea groups is 1. The van der Waals surface area contributed by atoms with Crippen LogP contribution in [0.2, 0.25) is 0 Å². The average molecular weight is 430 g/mol. The number of benzene rings is 2. The van der Waals surface area contributed by atoms with Crippen LogP contribution in [0, 0.1) is 12.3 Å². The van der Waals surface area contributed by atoms with Gasteiger partial charge in [-0.15, -0.1) is 0 Å². The van der Waals surface area contributed by atoms with E-state index in [1.54, 1.807) is 30.0 Å². The number of aryl methyl sites for hydroxylation is 1. The van der Waals surface area contributed by atoms with E-state index in [9.17, 15) is 18.0 Å². The van der Waals surface area contributed by atoms with Crippen molar-refractivity contribution in [2.75, 3.05) is 13.1 Å². The predicted octanol–water partition coefficient (Wildman–Crippen LogP) is 2.46. The van der Waals surface area contributed by atoms with Crippen molar-refractivity contribution < 1.29 is 18.0 Å². The monoisotopic (exact) mass is 429 g/mol. The summed E-state index contributed by atoms with van der Waals surface area (Å²) in [6.45, 7) is 6.99. The molecule has 0 saturated carbocycles. The molecular weight excluding hydrogens is 402 g/mol. The molecule has 0 spiro atoms. The quantitative estimate of drug-likeness (QED) is 0.737. The second-order valence-corrected chi connectivity index (χ2v) is 10.1. The largest absolute Gasteiger partial charge is 0.340 e. The van der Waals surface area contributed by atoms with Gasteiger partial charge in [0, 0.05) is 19.5 Å². The summed E-state index contributed by atoms with van der Waals surface area (Å²) >= 11 is 0. The van der Waals surface area contributed by atoms with Gasteiger partial charge in [0.1, 0.15) is 6.04 Å². The van der Waals surface area contributed by atoms with Crippen molar-refractivity contribution in [3.05, 3.63) is 65.7 Å². The Hall–Kier alpha value is -2.87. The lowest BCUT2D eigenvalue weighted by Crippen LogP contribution is -2.61. The lowest BCUT2D eigenvalue weighted by atomic mass is 9.83. The van der Waals surface area contributed by atoms with Gasteiger partial charge in [0.2, 0.25) is 5.91 Å². The lowest BCUT2D eigenvalue weighted by molar-refractivity contribution is -0.143. The first kappa shape index (κ1) is 21.8. The average Bonchev–Trinajstić information content (AvgIpc) is 2.65. The molecule has 0 aromatic heterocycles. The summed E-state index contributed by atoms with van der Waals surface area (Å²) in [7, 11) is -4.05. The Morgan fingerprint density at radius 3 is 2.23 bits per heavy atom. The van der Waals surface area contributed by atoms with Gasteiger partial charge in [-0.25, -0.2) is 17.9 Å². The molecule has 2 aromatic rings. The fourth-order valence-electron chi connectivity index (χ4n) is 3.64. The molecule has 0 radical (unpaired) electrons. The van der Waals surface area contributed by atoms with Crippen molar-refractivity contribution in [1.29, 1.82) is 0 Å². The van der Waals surface area contributed by atoms with E-state index in [-0.39, 0.29) is 22.6 Å². The van der Waals surface area contributed by atoms with E-state index in [2.05, 4.69) is 19.2 Å². The van der Waals surface area contributed by atoms with Crippen molar-refractivity contribution in [1.82, 2.24) is 14.9 Å². The molecular formula is C22H27N3O4S. The van der Waals surface area contributed by atoms with E-state index >= 15 is 0 Å². The highest BCUT2D eigenvalue weighted by atomic mass is 32.2. The minimum absolute atomic E-state index is 0.0237. The van der Waals surface area contributed by atoms with E-state index < -0.39 is 22.1 Å². The Morgan fingerprint density at radius 2 is 1.63 bits per heavy atom. The number of amides is 3. The smallest absolute Gasteiger partial charge is 0.329 e. The third-order valence-corrected chi connectivity index (χ3v) is 6.54. The Bertz CT molecular complexity index is 1030.